The molecule has 0 fully saturated rings. The molecular formula is C10H12FNO4. The number of aliphatic carboxylic acids is 1. The highest BCUT2D eigenvalue weighted by molar-refractivity contribution is 5.68. The Morgan fingerprint density at radius 1 is 1.38 bits per heavy atom. The van der Waals surface area contributed by atoms with E-state index in [-0.39, 0.29) is 18.5 Å². The van der Waals surface area contributed by atoms with Crippen LogP contribution in [0.5, 0.6) is 11.5 Å². The summed E-state index contributed by atoms with van der Waals surface area (Å²) in [5.41, 5.74) is 5.49. The molecule has 0 radical (unpaired) electrons. The first-order chi connectivity index (χ1) is 7.47. The maximum atomic E-state index is 12.8. The van der Waals surface area contributed by atoms with Gasteiger partial charge < -0.3 is 21.1 Å². The van der Waals surface area contributed by atoms with Gasteiger partial charge in [-0.1, -0.05) is 6.07 Å². The van der Waals surface area contributed by atoms with Crippen LogP contribution in [-0.2, 0) is 4.79 Å². The van der Waals surface area contributed by atoms with Crippen molar-refractivity contribution in [2.24, 2.45) is 5.73 Å². The Morgan fingerprint density at radius 2 is 2.00 bits per heavy atom. The van der Waals surface area contributed by atoms with Gasteiger partial charge in [-0.3, -0.25) is 4.79 Å². The van der Waals surface area contributed by atoms with E-state index in [1.165, 1.54) is 6.07 Å². The molecule has 1 aromatic carbocycles. The fourth-order valence-corrected chi connectivity index (χ4v) is 1.43. The van der Waals surface area contributed by atoms with E-state index in [4.69, 9.17) is 15.9 Å². The molecule has 0 amide bonds. The number of halogens is 1. The molecule has 16 heavy (non-hydrogen) atoms. The van der Waals surface area contributed by atoms with Crippen LogP contribution in [0.25, 0.3) is 0 Å². The lowest BCUT2D eigenvalue weighted by atomic mass is 9.94. The Kier molecular flexibility index (Phi) is 3.68. The largest absolute Gasteiger partial charge is 0.504 e. The van der Waals surface area contributed by atoms with Gasteiger partial charge in [0.15, 0.2) is 17.3 Å². The zero-order valence-corrected chi connectivity index (χ0v) is 8.35. The third-order valence-electron chi connectivity index (χ3n) is 2.28. The van der Waals surface area contributed by atoms with E-state index in [2.05, 4.69) is 0 Å². The molecule has 1 aromatic rings. The third-order valence-corrected chi connectivity index (χ3v) is 2.28. The topological polar surface area (TPSA) is 104 Å². The molecule has 6 heteroatoms. The molecule has 5 N–H and O–H groups in total. The minimum absolute atomic E-state index is 0.0229. The van der Waals surface area contributed by atoms with E-state index in [1.54, 1.807) is 0 Å². The zero-order chi connectivity index (χ0) is 12.3. The molecule has 5 nitrogen and oxygen atoms in total. The first-order valence-electron chi connectivity index (χ1n) is 4.59. The van der Waals surface area contributed by atoms with E-state index in [1.807, 2.05) is 0 Å². The summed E-state index contributed by atoms with van der Waals surface area (Å²) in [7, 11) is 0. The van der Waals surface area contributed by atoms with Crippen LogP contribution < -0.4 is 5.73 Å². The molecule has 0 aliphatic carbocycles. The number of aromatic hydroxyl groups is 2. The SMILES string of the molecule is NCC(CC(=O)O)c1ccc(F)c(O)c1O. The molecule has 0 aromatic heterocycles. The van der Waals surface area contributed by atoms with Crippen LogP contribution in [-0.4, -0.2) is 27.8 Å². The number of nitrogens with two attached hydrogens (primary N) is 1. The average molecular weight is 229 g/mol. The van der Waals surface area contributed by atoms with E-state index < -0.39 is 29.2 Å². The smallest absolute Gasteiger partial charge is 0.304 e. The summed E-state index contributed by atoms with van der Waals surface area (Å²) in [6, 6.07) is 2.17. The summed E-state index contributed by atoms with van der Waals surface area (Å²) >= 11 is 0. The number of carboxylic acid groups (broad SMARTS) is 1. The van der Waals surface area contributed by atoms with Crippen molar-refractivity contribution in [3.63, 3.8) is 0 Å². The molecule has 1 rings (SSSR count). The molecule has 0 saturated carbocycles. The van der Waals surface area contributed by atoms with E-state index >= 15 is 0 Å². The van der Waals surface area contributed by atoms with Crippen LogP contribution >= 0.6 is 0 Å². The summed E-state index contributed by atoms with van der Waals surface area (Å²) in [6.07, 6.45) is -0.296. The first kappa shape index (κ1) is 12.3. The van der Waals surface area contributed by atoms with Gasteiger partial charge in [0.05, 0.1) is 6.42 Å². The lowest BCUT2D eigenvalue weighted by molar-refractivity contribution is -0.137. The zero-order valence-electron chi connectivity index (χ0n) is 8.35. The molecule has 0 spiro atoms. The fraction of sp³-hybridized carbons (Fsp3) is 0.300. The van der Waals surface area contributed by atoms with E-state index in [9.17, 15) is 14.3 Å². The van der Waals surface area contributed by atoms with Crippen LogP contribution in [0.15, 0.2) is 12.1 Å². The lowest BCUT2D eigenvalue weighted by Crippen LogP contribution is -2.16. The Morgan fingerprint density at radius 3 is 2.50 bits per heavy atom. The van der Waals surface area contributed by atoms with Gasteiger partial charge in [-0.25, -0.2) is 4.39 Å². The van der Waals surface area contributed by atoms with Crippen molar-refractivity contribution in [1.82, 2.24) is 0 Å². The molecule has 1 atom stereocenters. The Balaban J connectivity index is 3.11. The second kappa shape index (κ2) is 4.80. The minimum Gasteiger partial charge on any atom is -0.504 e. The van der Waals surface area contributed by atoms with Crippen molar-refractivity contribution in [3.8, 4) is 11.5 Å². The molecule has 0 heterocycles. The molecular weight excluding hydrogens is 217 g/mol. The number of hydrogen-bond donors (Lipinski definition) is 4. The standard InChI is InChI=1S/C10H12FNO4/c11-7-2-1-6(9(15)10(7)16)5(4-12)3-8(13)14/h1-2,5,15-16H,3-4,12H2,(H,13,14). The van der Waals surface area contributed by atoms with Crippen LogP contribution in [0.1, 0.15) is 17.9 Å². The fourth-order valence-electron chi connectivity index (χ4n) is 1.43. The van der Waals surface area contributed by atoms with Gasteiger partial charge in [0.1, 0.15) is 0 Å². The Bertz CT molecular complexity index is 408. The van der Waals surface area contributed by atoms with E-state index in [0.29, 0.717) is 0 Å². The van der Waals surface area contributed by atoms with Gasteiger partial charge >= 0.3 is 5.97 Å². The lowest BCUT2D eigenvalue weighted by Gasteiger charge is -2.15. The number of hydrogen-bond acceptors (Lipinski definition) is 4. The Hall–Kier alpha value is -1.82. The van der Waals surface area contributed by atoms with Crippen molar-refractivity contribution < 1.29 is 24.5 Å². The monoisotopic (exact) mass is 229 g/mol. The van der Waals surface area contributed by atoms with Gasteiger partial charge in [0.2, 0.25) is 0 Å². The first-order valence-corrected chi connectivity index (χ1v) is 4.59. The summed E-state index contributed by atoms with van der Waals surface area (Å²) in [5, 5.41) is 27.2. The highest BCUT2D eigenvalue weighted by atomic mass is 19.1. The molecule has 0 aliphatic heterocycles. The summed E-state index contributed by atoms with van der Waals surface area (Å²) in [4.78, 5) is 10.5. The van der Waals surface area contributed by atoms with Crippen LogP contribution in [0.4, 0.5) is 4.39 Å². The molecule has 0 saturated heterocycles. The molecule has 0 bridgehead atoms. The molecule has 1 unspecified atom stereocenters. The second-order valence-corrected chi connectivity index (χ2v) is 3.36. The summed E-state index contributed by atoms with van der Waals surface area (Å²) < 4.78 is 12.8. The molecule has 0 aliphatic rings. The predicted octanol–water partition coefficient (Wildman–Crippen LogP) is 0.754. The van der Waals surface area contributed by atoms with Crippen molar-refractivity contribution in [3.05, 3.63) is 23.5 Å². The van der Waals surface area contributed by atoms with Gasteiger partial charge in [0, 0.05) is 11.5 Å². The quantitative estimate of drug-likeness (QED) is 0.570. The Labute approximate surface area is 90.9 Å². The number of carbonyl (C=O) groups is 1. The van der Waals surface area contributed by atoms with Crippen molar-refractivity contribution >= 4 is 5.97 Å². The maximum Gasteiger partial charge on any atom is 0.304 e. The van der Waals surface area contributed by atoms with Gasteiger partial charge in [-0.15, -0.1) is 0 Å². The van der Waals surface area contributed by atoms with Gasteiger partial charge in [-0.2, -0.15) is 0 Å². The van der Waals surface area contributed by atoms with Gasteiger partial charge in [0.25, 0.3) is 0 Å². The van der Waals surface area contributed by atoms with Crippen molar-refractivity contribution in [2.45, 2.75) is 12.3 Å². The highest BCUT2D eigenvalue weighted by Gasteiger charge is 2.20. The van der Waals surface area contributed by atoms with Crippen molar-refractivity contribution in [1.29, 1.82) is 0 Å². The van der Waals surface area contributed by atoms with Crippen LogP contribution in [0.3, 0.4) is 0 Å². The van der Waals surface area contributed by atoms with Crippen LogP contribution in [0.2, 0.25) is 0 Å². The van der Waals surface area contributed by atoms with E-state index in [0.717, 1.165) is 6.07 Å². The molecule has 88 valence electrons. The number of phenols is 2. The summed E-state index contributed by atoms with van der Waals surface area (Å²) in [5.74, 6) is -4.26. The number of benzene rings is 1. The highest BCUT2D eigenvalue weighted by Crippen LogP contribution is 2.36. The number of rotatable bonds is 4. The third kappa shape index (κ3) is 2.40. The minimum atomic E-state index is -1.08. The average Bonchev–Trinajstić information content (AvgIpc) is 2.23. The van der Waals surface area contributed by atoms with Crippen molar-refractivity contribution in [2.75, 3.05) is 6.54 Å². The normalized spacial score (nSPS) is 12.4. The maximum absolute atomic E-state index is 12.8. The van der Waals surface area contributed by atoms with Gasteiger partial charge in [-0.05, 0) is 12.6 Å². The summed E-state index contributed by atoms with van der Waals surface area (Å²) in [6.45, 7) is -0.0229. The number of phenolic OH excluding ortho intramolecular Hbond substituents is 2. The predicted molar refractivity (Wildman–Crippen MR) is 53.8 cm³/mol. The second-order valence-electron chi connectivity index (χ2n) is 3.36. The van der Waals surface area contributed by atoms with Crippen LogP contribution in [0, 0.1) is 5.82 Å². The number of carboxylic acids is 1.